The van der Waals surface area contributed by atoms with Gasteiger partial charge in [-0.25, -0.2) is 0 Å². The molecule has 0 aliphatic carbocycles. The fourth-order valence-electron chi connectivity index (χ4n) is 0.962. The van der Waals surface area contributed by atoms with Gasteiger partial charge in [0.2, 0.25) is 0 Å². The summed E-state index contributed by atoms with van der Waals surface area (Å²) in [6.45, 7) is 9.47. The molecular formula is C9H19NO. The van der Waals surface area contributed by atoms with Crippen molar-refractivity contribution < 1.29 is 4.74 Å². The number of likely N-dealkylation sites (N-methyl/N-ethyl adjacent to an activating group) is 1. The van der Waals surface area contributed by atoms with E-state index in [9.17, 15) is 0 Å². The van der Waals surface area contributed by atoms with Crippen LogP contribution in [0.5, 0.6) is 0 Å². The lowest BCUT2D eigenvalue weighted by Crippen LogP contribution is -2.33. The molecule has 0 spiro atoms. The number of hydrogen-bond donors (Lipinski definition) is 0. The first-order valence-corrected chi connectivity index (χ1v) is 3.99. The third-order valence-corrected chi connectivity index (χ3v) is 1.67. The Kier molecular flexibility index (Phi) is 5.16. The monoisotopic (exact) mass is 157 g/mol. The maximum Gasteiger partial charge on any atom is 0.0659 e. The van der Waals surface area contributed by atoms with Gasteiger partial charge in [-0.05, 0) is 27.9 Å². The van der Waals surface area contributed by atoms with E-state index in [0.29, 0.717) is 6.04 Å². The van der Waals surface area contributed by atoms with Gasteiger partial charge in [0.05, 0.1) is 12.6 Å². The van der Waals surface area contributed by atoms with Crippen LogP contribution < -0.4 is 0 Å². The predicted molar refractivity (Wildman–Crippen MR) is 48.8 cm³/mol. The average Bonchev–Trinajstić information content (AvgIpc) is 1.87. The summed E-state index contributed by atoms with van der Waals surface area (Å²) in [5, 5.41) is 0. The standard InChI is InChI=1S/C9H19NO/c1-6-11-7-9(8(2)3)10(4)5/h9H,2,6-7H2,1,3-5H3. The molecule has 1 atom stereocenters. The van der Waals surface area contributed by atoms with Crippen LogP contribution in [0.15, 0.2) is 12.2 Å². The van der Waals surface area contributed by atoms with Crippen molar-refractivity contribution in [2.24, 2.45) is 0 Å². The van der Waals surface area contributed by atoms with Crippen LogP contribution in [0.25, 0.3) is 0 Å². The second kappa shape index (κ2) is 5.33. The number of rotatable bonds is 5. The van der Waals surface area contributed by atoms with Crippen LogP contribution in [0.3, 0.4) is 0 Å². The first kappa shape index (κ1) is 10.7. The molecule has 0 aliphatic heterocycles. The van der Waals surface area contributed by atoms with E-state index >= 15 is 0 Å². The molecule has 0 saturated heterocycles. The molecule has 1 unspecified atom stereocenters. The van der Waals surface area contributed by atoms with Crippen molar-refractivity contribution in [2.75, 3.05) is 27.3 Å². The van der Waals surface area contributed by atoms with Crippen LogP contribution in [0.2, 0.25) is 0 Å². The molecule has 0 radical (unpaired) electrons. The van der Waals surface area contributed by atoms with Crippen molar-refractivity contribution in [1.82, 2.24) is 4.90 Å². The maximum atomic E-state index is 5.32. The minimum Gasteiger partial charge on any atom is -0.380 e. The van der Waals surface area contributed by atoms with E-state index in [4.69, 9.17) is 4.74 Å². The fraction of sp³-hybridized carbons (Fsp3) is 0.778. The Morgan fingerprint density at radius 1 is 1.55 bits per heavy atom. The van der Waals surface area contributed by atoms with Crippen LogP contribution in [0, 0.1) is 0 Å². The van der Waals surface area contributed by atoms with Crippen molar-refractivity contribution >= 4 is 0 Å². The Balaban J connectivity index is 3.80. The molecule has 0 rings (SSSR count). The van der Waals surface area contributed by atoms with E-state index in [1.165, 1.54) is 0 Å². The topological polar surface area (TPSA) is 12.5 Å². The van der Waals surface area contributed by atoms with Crippen LogP contribution in [-0.4, -0.2) is 38.3 Å². The molecule has 11 heavy (non-hydrogen) atoms. The van der Waals surface area contributed by atoms with Crippen molar-refractivity contribution in [3.63, 3.8) is 0 Å². The molecule has 0 amide bonds. The van der Waals surface area contributed by atoms with E-state index in [2.05, 4.69) is 11.5 Å². The molecule has 2 heteroatoms. The lowest BCUT2D eigenvalue weighted by Gasteiger charge is -2.23. The summed E-state index contributed by atoms with van der Waals surface area (Å²) in [6, 6.07) is 0.356. The summed E-state index contributed by atoms with van der Waals surface area (Å²) in [5.41, 5.74) is 1.16. The van der Waals surface area contributed by atoms with Gasteiger partial charge >= 0.3 is 0 Å². The smallest absolute Gasteiger partial charge is 0.0659 e. The highest BCUT2D eigenvalue weighted by atomic mass is 16.5. The van der Waals surface area contributed by atoms with Gasteiger partial charge in [-0.3, -0.25) is 0 Å². The zero-order chi connectivity index (χ0) is 8.85. The zero-order valence-electron chi connectivity index (χ0n) is 8.05. The Morgan fingerprint density at radius 3 is 2.36 bits per heavy atom. The Hall–Kier alpha value is -0.340. The molecule has 0 fully saturated rings. The van der Waals surface area contributed by atoms with E-state index in [-0.39, 0.29) is 0 Å². The van der Waals surface area contributed by atoms with Crippen LogP contribution in [0.4, 0.5) is 0 Å². The van der Waals surface area contributed by atoms with E-state index in [1.807, 2.05) is 27.9 Å². The van der Waals surface area contributed by atoms with Gasteiger partial charge < -0.3 is 9.64 Å². The normalized spacial score (nSPS) is 13.5. The first-order chi connectivity index (χ1) is 5.09. The van der Waals surface area contributed by atoms with Crippen molar-refractivity contribution in [1.29, 1.82) is 0 Å². The number of ether oxygens (including phenoxy) is 1. The quantitative estimate of drug-likeness (QED) is 0.561. The summed E-state index contributed by atoms with van der Waals surface area (Å²) < 4.78 is 5.32. The second-order valence-electron chi connectivity index (χ2n) is 2.99. The molecule has 0 N–H and O–H groups in total. The van der Waals surface area contributed by atoms with E-state index < -0.39 is 0 Å². The van der Waals surface area contributed by atoms with Crippen LogP contribution >= 0.6 is 0 Å². The SMILES string of the molecule is C=C(C)C(COCC)N(C)C. The van der Waals surface area contributed by atoms with Crippen LogP contribution in [-0.2, 0) is 4.74 Å². The van der Waals surface area contributed by atoms with Crippen molar-refractivity contribution in [3.8, 4) is 0 Å². The largest absolute Gasteiger partial charge is 0.380 e. The van der Waals surface area contributed by atoms with Gasteiger partial charge in [-0.2, -0.15) is 0 Å². The molecule has 0 aliphatic rings. The Morgan fingerprint density at radius 2 is 2.09 bits per heavy atom. The summed E-state index contributed by atoms with van der Waals surface area (Å²) in [7, 11) is 4.08. The molecule has 0 aromatic rings. The summed E-state index contributed by atoms with van der Waals surface area (Å²) in [4.78, 5) is 2.12. The third kappa shape index (κ3) is 4.17. The Bertz CT molecular complexity index is 121. The van der Waals surface area contributed by atoms with Gasteiger partial charge in [0.25, 0.3) is 0 Å². The molecule has 66 valence electrons. The van der Waals surface area contributed by atoms with Gasteiger partial charge in [0, 0.05) is 6.61 Å². The molecular weight excluding hydrogens is 138 g/mol. The zero-order valence-corrected chi connectivity index (χ0v) is 8.05. The summed E-state index contributed by atoms with van der Waals surface area (Å²) in [5.74, 6) is 0. The molecule has 0 heterocycles. The van der Waals surface area contributed by atoms with Gasteiger partial charge in [-0.1, -0.05) is 12.2 Å². The summed E-state index contributed by atoms with van der Waals surface area (Å²) >= 11 is 0. The molecule has 0 bridgehead atoms. The van der Waals surface area contributed by atoms with E-state index in [0.717, 1.165) is 18.8 Å². The van der Waals surface area contributed by atoms with Gasteiger partial charge in [0.1, 0.15) is 0 Å². The highest BCUT2D eigenvalue weighted by Gasteiger charge is 2.10. The molecule has 0 saturated carbocycles. The first-order valence-electron chi connectivity index (χ1n) is 3.99. The third-order valence-electron chi connectivity index (χ3n) is 1.67. The second-order valence-corrected chi connectivity index (χ2v) is 2.99. The lowest BCUT2D eigenvalue weighted by atomic mass is 10.1. The fourth-order valence-corrected chi connectivity index (χ4v) is 0.962. The lowest BCUT2D eigenvalue weighted by molar-refractivity contribution is 0.101. The highest BCUT2D eigenvalue weighted by molar-refractivity contribution is 5.01. The van der Waals surface area contributed by atoms with E-state index in [1.54, 1.807) is 0 Å². The maximum absolute atomic E-state index is 5.32. The van der Waals surface area contributed by atoms with Crippen molar-refractivity contribution in [2.45, 2.75) is 19.9 Å². The number of nitrogens with zero attached hydrogens (tertiary/aromatic N) is 1. The molecule has 0 aromatic heterocycles. The van der Waals surface area contributed by atoms with Crippen molar-refractivity contribution in [3.05, 3.63) is 12.2 Å². The Labute approximate surface area is 69.8 Å². The summed E-state index contributed by atoms with van der Waals surface area (Å²) in [6.07, 6.45) is 0. The minimum absolute atomic E-state index is 0.356. The highest BCUT2D eigenvalue weighted by Crippen LogP contribution is 2.04. The minimum atomic E-state index is 0.356. The molecule has 0 aromatic carbocycles. The van der Waals surface area contributed by atoms with Gasteiger partial charge in [0.15, 0.2) is 0 Å². The number of hydrogen-bond acceptors (Lipinski definition) is 2. The molecule has 2 nitrogen and oxygen atoms in total. The predicted octanol–water partition coefficient (Wildman–Crippen LogP) is 1.53. The average molecular weight is 157 g/mol. The van der Waals surface area contributed by atoms with Crippen LogP contribution in [0.1, 0.15) is 13.8 Å². The van der Waals surface area contributed by atoms with Gasteiger partial charge in [-0.15, -0.1) is 0 Å².